The van der Waals surface area contributed by atoms with Crippen LogP contribution in [0.15, 0.2) is 36.4 Å². The number of nitrogens with zero attached hydrogens (tertiary/aromatic N) is 2. The molecule has 132 valence electrons. The molecule has 1 unspecified atom stereocenters. The average molecular weight is 340 g/mol. The molecule has 0 radical (unpaired) electrons. The summed E-state index contributed by atoms with van der Waals surface area (Å²) < 4.78 is 7.07. The zero-order chi connectivity index (χ0) is 18.0. The van der Waals surface area contributed by atoms with E-state index in [9.17, 15) is 9.59 Å². The van der Waals surface area contributed by atoms with Crippen LogP contribution in [0.3, 0.4) is 0 Å². The topological polar surface area (TPSA) is 51.5 Å². The summed E-state index contributed by atoms with van der Waals surface area (Å²) in [6.45, 7) is 7.35. The number of carbonyl (C=O) groups is 2. The Hall–Kier alpha value is -2.40. The molecule has 1 atom stereocenters. The highest BCUT2D eigenvalue weighted by molar-refractivity contribution is 6.10. The lowest BCUT2D eigenvalue weighted by Crippen LogP contribution is -2.32. The largest absolute Gasteiger partial charge is 0.497 e. The zero-order valence-electron chi connectivity index (χ0n) is 15.0. The van der Waals surface area contributed by atoms with Gasteiger partial charge in [-0.25, -0.2) is 0 Å². The first-order valence-corrected chi connectivity index (χ1v) is 8.73. The van der Waals surface area contributed by atoms with Crippen molar-refractivity contribution >= 4 is 11.6 Å². The highest BCUT2D eigenvalue weighted by Gasteiger charge is 2.34. The number of methoxy groups -OCH3 is 1. The third kappa shape index (κ3) is 3.24. The Labute approximate surface area is 148 Å². The number of aromatic nitrogens is 1. The van der Waals surface area contributed by atoms with Gasteiger partial charge in [0.2, 0.25) is 5.78 Å². The third-order valence-electron chi connectivity index (χ3n) is 4.94. The van der Waals surface area contributed by atoms with Gasteiger partial charge in [-0.05, 0) is 37.4 Å². The number of Topliss-reactive ketones (excluding diaryl/α,β-unsaturated/α-hetero) is 1. The van der Waals surface area contributed by atoms with Gasteiger partial charge >= 0.3 is 0 Å². The van der Waals surface area contributed by atoms with Gasteiger partial charge in [-0.15, -0.1) is 0 Å². The van der Waals surface area contributed by atoms with Gasteiger partial charge in [-0.2, -0.15) is 0 Å². The maximum Gasteiger partial charge on any atom is 0.209 e. The first-order valence-electron chi connectivity index (χ1n) is 8.73. The molecular weight excluding hydrogens is 316 g/mol. The van der Waals surface area contributed by atoms with E-state index in [0.29, 0.717) is 29.2 Å². The molecule has 25 heavy (non-hydrogen) atoms. The van der Waals surface area contributed by atoms with Crippen LogP contribution in [0.2, 0.25) is 0 Å². The van der Waals surface area contributed by atoms with E-state index in [2.05, 4.69) is 18.7 Å². The minimum absolute atomic E-state index is 0.0760. The summed E-state index contributed by atoms with van der Waals surface area (Å²) in [5.74, 6) is 0.625. The smallest absolute Gasteiger partial charge is 0.209 e. The molecule has 3 rings (SSSR count). The van der Waals surface area contributed by atoms with E-state index in [-0.39, 0.29) is 17.5 Å². The Morgan fingerprint density at radius 1 is 1.24 bits per heavy atom. The van der Waals surface area contributed by atoms with Crippen molar-refractivity contribution in [3.63, 3.8) is 0 Å². The molecule has 0 saturated heterocycles. The summed E-state index contributed by atoms with van der Waals surface area (Å²) >= 11 is 0. The number of ketones is 2. The van der Waals surface area contributed by atoms with Gasteiger partial charge in [0.1, 0.15) is 5.75 Å². The summed E-state index contributed by atoms with van der Waals surface area (Å²) in [5, 5.41) is 0. The molecule has 1 aliphatic rings. The van der Waals surface area contributed by atoms with Crippen molar-refractivity contribution in [2.45, 2.75) is 20.4 Å². The minimum Gasteiger partial charge on any atom is -0.497 e. The van der Waals surface area contributed by atoms with E-state index in [1.54, 1.807) is 37.4 Å². The van der Waals surface area contributed by atoms with Crippen molar-refractivity contribution < 1.29 is 14.3 Å². The Balaban J connectivity index is 1.85. The van der Waals surface area contributed by atoms with Crippen LogP contribution in [0.4, 0.5) is 0 Å². The average Bonchev–Trinajstić information content (AvgIpc) is 3.19. The van der Waals surface area contributed by atoms with Crippen LogP contribution in [0, 0.1) is 5.92 Å². The molecule has 2 aromatic rings. The molecule has 0 bridgehead atoms. The number of fused-ring (bicyclic) bond motifs is 1. The molecule has 5 heteroatoms. The second kappa shape index (κ2) is 7.23. The quantitative estimate of drug-likeness (QED) is 0.727. The molecule has 0 N–H and O–H groups in total. The van der Waals surface area contributed by atoms with Crippen molar-refractivity contribution in [3.8, 4) is 5.75 Å². The maximum absolute atomic E-state index is 12.9. The fourth-order valence-electron chi connectivity index (χ4n) is 3.44. The predicted octanol–water partition coefficient (Wildman–Crippen LogP) is 2.88. The highest BCUT2D eigenvalue weighted by Crippen LogP contribution is 2.27. The van der Waals surface area contributed by atoms with Gasteiger partial charge in [0.15, 0.2) is 5.78 Å². The highest BCUT2D eigenvalue weighted by atomic mass is 16.5. The molecule has 0 aliphatic carbocycles. The summed E-state index contributed by atoms with van der Waals surface area (Å²) in [4.78, 5) is 27.8. The van der Waals surface area contributed by atoms with E-state index in [0.717, 1.165) is 19.6 Å². The number of ether oxygens (including phenoxy) is 1. The Morgan fingerprint density at radius 3 is 2.68 bits per heavy atom. The van der Waals surface area contributed by atoms with E-state index in [1.807, 2.05) is 10.6 Å². The number of benzene rings is 1. The van der Waals surface area contributed by atoms with Crippen LogP contribution in [0.25, 0.3) is 0 Å². The minimum atomic E-state index is -0.0820. The van der Waals surface area contributed by atoms with Crippen molar-refractivity contribution in [3.05, 3.63) is 53.3 Å². The van der Waals surface area contributed by atoms with Crippen LogP contribution in [0.5, 0.6) is 5.75 Å². The fraction of sp³-hybridized carbons (Fsp3) is 0.400. The summed E-state index contributed by atoms with van der Waals surface area (Å²) in [5.41, 5.74) is 1.78. The van der Waals surface area contributed by atoms with Crippen LogP contribution < -0.4 is 4.74 Å². The summed E-state index contributed by atoms with van der Waals surface area (Å²) in [6, 6.07) is 10.6. The first kappa shape index (κ1) is 17.4. The molecule has 1 aliphatic heterocycles. The number of rotatable bonds is 7. The molecule has 0 spiro atoms. The summed E-state index contributed by atoms with van der Waals surface area (Å²) in [7, 11) is 1.58. The van der Waals surface area contributed by atoms with Gasteiger partial charge in [0.05, 0.1) is 24.4 Å². The fourth-order valence-corrected chi connectivity index (χ4v) is 3.44. The zero-order valence-corrected chi connectivity index (χ0v) is 15.0. The van der Waals surface area contributed by atoms with E-state index >= 15 is 0 Å². The van der Waals surface area contributed by atoms with Crippen LogP contribution >= 0.6 is 0 Å². The molecule has 2 heterocycles. The van der Waals surface area contributed by atoms with Crippen molar-refractivity contribution in [1.82, 2.24) is 9.47 Å². The molecular formula is C20H24N2O3. The monoisotopic (exact) mass is 340 g/mol. The van der Waals surface area contributed by atoms with Crippen molar-refractivity contribution in [2.75, 3.05) is 26.7 Å². The third-order valence-corrected chi connectivity index (χ3v) is 4.94. The molecule has 1 aromatic carbocycles. The van der Waals surface area contributed by atoms with E-state index < -0.39 is 0 Å². The second-order valence-electron chi connectivity index (χ2n) is 6.32. The predicted molar refractivity (Wildman–Crippen MR) is 96.5 cm³/mol. The standard InChI is InChI=1S/C20H24N2O3/c1-4-21(5-2)12-15-13-22-17(9-10-18(22)20(15)24)19(23)14-7-6-8-16(11-14)25-3/h6-11,15H,4-5,12-13H2,1-3H3. The number of hydrogen-bond acceptors (Lipinski definition) is 4. The van der Waals surface area contributed by atoms with Crippen LogP contribution in [-0.2, 0) is 6.54 Å². The molecule has 5 nitrogen and oxygen atoms in total. The maximum atomic E-state index is 12.9. The van der Waals surface area contributed by atoms with Crippen LogP contribution in [0.1, 0.15) is 40.4 Å². The summed E-state index contributed by atoms with van der Waals surface area (Å²) in [6.07, 6.45) is 0. The number of carbonyl (C=O) groups excluding carboxylic acids is 2. The van der Waals surface area contributed by atoms with Gasteiger partial charge in [0, 0.05) is 18.7 Å². The number of hydrogen-bond donors (Lipinski definition) is 0. The molecule has 1 aromatic heterocycles. The molecule has 0 saturated carbocycles. The van der Waals surface area contributed by atoms with Crippen molar-refractivity contribution in [2.24, 2.45) is 5.92 Å². The lowest BCUT2D eigenvalue weighted by Gasteiger charge is -2.21. The van der Waals surface area contributed by atoms with Gasteiger partial charge in [-0.1, -0.05) is 26.0 Å². The van der Waals surface area contributed by atoms with Gasteiger partial charge in [-0.3, -0.25) is 9.59 Å². The Morgan fingerprint density at radius 2 is 2.00 bits per heavy atom. The lowest BCUT2D eigenvalue weighted by molar-refractivity contribution is 0.0902. The Kier molecular flexibility index (Phi) is 5.04. The SMILES string of the molecule is CCN(CC)CC1Cn2c(C(=O)c3cccc(OC)c3)ccc2C1=O. The normalized spacial score (nSPS) is 16.3. The van der Waals surface area contributed by atoms with E-state index in [4.69, 9.17) is 4.74 Å². The van der Waals surface area contributed by atoms with Crippen molar-refractivity contribution in [1.29, 1.82) is 0 Å². The first-order chi connectivity index (χ1) is 12.1. The second-order valence-corrected chi connectivity index (χ2v) is 6.32. The van der Waals surface area contributed by atoms with Crippen LogP contribution in [-0.4, -0.2) is 47.8 Å². The van der Waals surface area contributed by atoms with Gasteiger partial charge in [0.25, 0.3) is 0 Å². The lowest BCUT2D eigenvalue weighted by atomic mass is 10.0. The molecule has 0 amide bonds. The Bertz CT molecular complexity index is 790. The van der Waals surface area contributed by atoms with E-state index in [1.165, 1.54) is 0 Å². The van der Waals surface area contributed by atoms with Gasteiger partial charge < -0.3 is 14.2 Å². The molecule has 0 fully saturated rings.